The van der Waals surface area contributed by atoms with Crippen molar-refractivity contribution in [3.05, 3.63) is 12.7 Å². The molecule has 8 atom stereocenters. The predicted octanol–water partition coefficient (Wildman–Crippen LogP) is -1.40. The Bertz CT molecular complexity index is 1870. The number of ether oxygens (including phenoxy) is 1. The van der Waals surface area contributed by atoms with Crippen LogP contribution < -0.4 is 35.9 Å². The molecule has 0 aliphatic carbocycles. The maximum absolute atomic E-state index is 12.6. The van der Waals surface area contributed by atoms with Gasteiger partial charge in [0.25, 0.3) is 15.6 Å². The molecule has 1 aliphatic heterocycles. The third kappa shape index (κ3) is 15.5. The SMILES string of the molecule is CC(C)CCC[C@H](C)C(=O)SCCNC(=O)CCNC(=O)[C@H](O)C(C)(C)COP(=O)([O-])OP(=O)([O-])OC[C@H]1O[C@@H](n2cnc3c(N)ncnc32)[C@H](O)[C@@H]1OP(=O)([O-])[O-]. The standard InChI is InChI=1S/C30H52N7O17P3S/c1-17(2)7-6-8-18(3)29(42)58-12-11-32-20(38)9-10-33-27(41)24(40)30(4,5)14-51-57(48,49)54-56(46,47)50-13-19-23(53-55(43,44)45)22(39)28(52-19)37-16-36-21-25(31)34-15-35-26(21)37/h15-19,22-24,28,39-40H,6-14H2,1-5H3,(H,32,38)(H,33,41)(H,46,47)(H,48,49)(H2,31,34,35)(H2,43,44,45)/p-4/t18-,19+,22+,23+,24-,28+/m0/s1. The van der Waals surface area contributed by atoms with E-state index in [0.717, 1.165) is 48.2 Å². The van der Waals surface area contributed by atoms with E-state index in [2.05, 4.69) is 57.3 Å². The predicted molar refractivity (Wildman–Crippen MR) is 196 cm³/mol. The van der Waals surface area contributed by atoms with Gasteiger partial charge in [0, 0.05) is 36.6 Å². The van der Waals surface area contributed by atoms with Crippen molar-refractivity contribution >= 4 is 69.1 Å². The van der Waals surface area contributed by atoms with Gasteiger partial charge in [0.2, 0.25) is 11.8 Å². The van der Waals surface area contributed by atoms with Crippen molar-refractivity contribution in [2.75, 3.05) is 37.8 Å². The lowest BCUT2D eigenvalue weighted by atomic mass is 9.87. The smallest absolute Gasteiger partial charge is 0.274 e. The van der Waals surface area contributed by atoms with Crippen molar-refractivity contribution in [1.29, 1.82) is 0 Å². The summed E-state index contributed by atoms with van der Waals surface area (Å²) < 4.78 is 60.6. The van der Waals surface area contributed by atoms with Crippen LogP contribution in [0.2, 0.25) is 0 Å². The van der Waals surface area contributed by atoms with E-state index in [9.17, 15) is 57.9 Å². The zero-order valence-electron chi connectivity index (χ0n) is 32.2. The summed E-state index contributed by atoms with van der Waals surface area (Å²) in [5, 5.41) is 26.3. The molecule has 1 fully saturated rings. The van der Waals surface area contributed by atoms with Crippen LogP contribution in [-0.2, 0) is 50.7 Å². The van der Waals surface area contributed by atoms with Crippen LogP contribution in [0.15, 0.2) is 12.7 Å². The Morgan fingerprint density at radius 3 is 2.36 bits per heavy atom. The molecule has 2 unspecified atom stereocenters. The number of nitrogens with zero attached hydrogens (tertiary/aromatic N) is 4. The van der Waals surface area contributed by atoms with Gasteiger partial charge in [-0.15, -0.1) is 0 Å². The van der Waals surface area contributed by atoms with Crippen LogP contribution in [0.3, 0.4) is 0 Å². The molecule has 0 aromatic carbocycles. The Morgan fingerprint density at radius 2 is 1.71 bits per heavy atom. The number of nitrogens with two attached hydrogens (primary N) is 1. The Morgan fingerprint density at radius 1 is 1.03 bits per heavy atom. The van der Waals surface area contributed by atoms with Crippen LogP contribution in [0.1, 0.15) is 66.5 Å². The van der Waals surface area contributed by atoms with Gasteiger partial charge >= 0.3 is 0 Å². The number of phosphoric acid groups is 3. The Labute approximate surface area is 337 Å². The minimum Gasteiger partial charge on any atom is -0.790 e. The van der Waals surface area contributed by atoms with E-state index in [-0.39, 0.29) is 47.5 Å². The third-order valence-electron chi connectivity index (χ3n) is 8.54. The molecule has 24 nitrogen and oxygen atoms in total. The monoisotopic (exact) mass is 903 g/mol. The normalized spacial score (nSPS) is 22.0. The van der Waals surface area contributed by atoms with Gasteiger partial charge in [0.1, 0.15) is 36.3 Å². The number of aliphatic hydroxyl groups excluding tert-OH is 2. The number of thioether (sulfide) groups is 1. The van der Waals surface area contributed by atoms with Crippen molar-refractivity contribution < 1.29 is 80.5 Å². The Hall–Kier alpha value is -2.44. The summed E-state index contributed by atoms with van der Waals surface area (Å²) >= 11 is 1.13. The topological polar surface area (TPSA) is 375 Å². The van der Waals surface area contributed by atoms with Crippen LogP contribution in [0.25, 0.3) is 11.2 Å². The van der Waals surface area contributed by atoms with Gasteiger partial charge < -0.3 is 69.0 Å². The average molecular weight is 904 g/mol. The number of hydrogen-bond donors (Lipinski definition) is 5. The lowest BCUT2D eigenvalue weighted by Crippen LogP contribution is -2.46. The molecular formula is C30H48N7O17P3S-4. The second-order valence-corrected chi connectivity index (χ2v) is 19.5. The number of aromatic nitrogens is 4. The van der Waals surface area contributed by atoms with Crippen molar-refractivity contribution in [2.45, 2.75) is 90.9 Å². The van der Waals surface area contributed by atoms with Crippen molar-refractivity contribution in [3.8, 4) is 0 Å². The third-order valence-corrected chi connectivity index (χ3v) is 12.6. The molecule has 2 amide bonds. The largest absolute Gasteiger partial charge is 0.790 e. The second kappa shape index (κ2) is 21.4. The second-order valence-electron chi connectivity index (χ2n) is 14.4. The molecule has 3 heterocycles. The molecule has 28 heteroatoms. The molecule has 6 N–H and O–H groups in total. The number of anilines is 1. The summed E-state index contributed by atoms with van der Waals surface area (Å²) in [6.07, 6.45) is -4.78. The van der Waals surface area contributed by atoms with Gasteiger partial charge in [-0.05, 0) is 12.3 Å². The summed E-state index contributed by atoms with van der Waals surface area (Å²) in [7, 11) is -17.6. The van der Waals surface area contributed by atoms with Crippen LogP contribution in [0, 0.1) is 17.3 Å². The number of nitrogens with one attached hydrogen (secondary N) is 2. The Kier molecular flexibility index (Phi) is 18.4. The number of phosphoric ester groups is 3. The first-order valence-electron chi connectivity index (χ1n) is 17.8. The molecule has 2 aromatic heterocycles. The van der Waals surface area contributed by atoms with Crippen LogP contribution >= 0.6 is 35.2 Å². The first-order chi connectivity index (χ1) is 26.8. The fourth-order valence-corrected chi connectivity index (χ4v) is 8.89. The molecule has 330 valence electrons. The number of imidazole rings is 1. The number of rotatable bonds is 24. The van der Waals surface area contributed by atoms with Gasteiger partial charge in [-0.25, -0.2) is 19.3 Å². The van der Waals surface area contributed by atoms with Gasteiger partial charge in [-0.3, -0.25) is 28.1 Å². The molecule has 3 rings (SSSR count). The van der Waals surface area contributed by atoms with E-state index < -0.39 is 84.6 Å². The van der Waals surface area contributed by atoms with E-state index in [0.29, 0.717) is 11.7 Å². The summed E-state index contributed by atoms with van der Waals surface area (Å²) in [6.45, 7) is 6.25. The molecule has 0 saturated carbocycles. The van der Waals surface area contributed by atoms with Gasteiger partial charge in [-0.2, -0.15) is 0 Å². The molecule has 1 aliphatic rings. The zero-order valence-corrected chi connectivity index (χ0v) is 35.7. The summed E-state index contributed by atoms with van der Waals surface area (Å²) in [6, 6.07) is 0. The number of fused-ring (bicyclic) bond motifs is 1. The van der Waals surface area contributed by atoms with Gasteiger partial charge in [0.15, 0.2) is 22.8 Å². The quantitative estimate of drug-likeness (QED) is 0.0597. The molecule has 2 aromatic rings. The van der Waals surface area contributed by atoms with Crippen molar-refractivity contribution in [2.24, 2.45) is 17.3 Å². The Balaban J connectivity index is 1.46. The fraction of sp³-hybridized carbons (Fsp3) is 0.733. The molecule has 1 saturated heterocycles. The highest BCUT2D eigenvalue weighted by Crippen LogP contribution is 2.56. The number of aliphatic hydroxyl groups is 2. The molecule has 0 spiro atoms. The number of nitrogen functional groups attached to an aromatic ring is 1. The first-order valence-corrected chi connectivity index (χ1v) is 23.2. The summed E-state index contributed by atoms with van der Waals surface area (Å²) in [5.41, 5.74) is 4.08. The first kappa shape index (κ1) is 49.9. The minimum absolute atomic E-state index is 0.0200. The van der Waals surface area contributed by atoms with E-state index in [1.54, 1.807) is 0 Å². The molecule has 58 heavy (non-hydrogen) atoms. The molecule has 0 radical (unpaired) electrons. The van der Waals surface area contributed by atoms with Crippen LogP contribution in [0.5, 0.6) is 0 Å². The van der Waals surface area contributed by atoms with Gasteiger partial charge in [0.05, 0.1) is 27.4 Å². The number of carbonyl (C=O) groups is 3. The summed E-state index contributed by atoms with van der Waals surface area (Å²) in [5.74, 6) is -0.697. The minimum atomic E-state index is -5.91. The highest BCUT2D eigenvalue weighted by Gasteiger charge is 2.47. The van der Waals surface area contributed by atoms with E-state index in [4.69, 9.17) is 10.5 Å². The number of carbonyl (C=O) groups excluding carboxylic acids is 3. The molecular weight excluding hydrogens is 855 g/mol. The van der Waals surface area contributed by atoms with Crippen LogP contribution in [-0.4, -0.2) is 103 Å². The van der Waals surface area contributed by atoms with Gasteiger partial charge in [-0.1, -0.05) is 59.2 Å². The van der Waals surface area contributed by atoms with Crippen molar-refractivity contribution in [3.63, 3.8) is 0 Å². The number of hydrogen-bond acceptors (Lipinski definition) is 22. The maximum atomic E-state index is 12.6. The number of amides is 2. The van der Waals surface area contributed by atoms with E-state index in [1.807, 2.05) is 6.92 Å². The van der Waals surface area contributed by atoms with Crippen LogP contribution in [0.4, 0.5) is 5.82 Å². The average Bonchev–Trinajstić information content (AvgIpc) is 3.67. The highest BCUT2D eigenvalue weighted by atomic mass is 32.2. The lowest BCUT2D eigenvalue weighted by molar-refractivity contribution is -0.347. The fourth-order valence-electron chi connectivity index (χ4n) is 5.35. The zero-order chi connectivity index (χ0) is 43.6. The van der Waals surface area contributed by atoms with E-state index >= 15 is 0 Å². The van der Waals surface area contributed by atoms with E-state index in [1.165, 1.54) is 13.8 Å². The summed E-state index contributed by atoms with van der Waals surface area (Å²) in [4.78, 5) is 96.5. The maximum Gasteiger partial charge on any atom is 0.274 e. The van der Waals surface area contributed by atoms with Crippen molar-refractivity contribution in [1.82, 2.24) is 30.2 Å². The highest BCUT2D eigenvalue weighted by molar-refractivity contribution is 8.13. The molecule has 0 bridgehead atoms. The lowest BCUT2D eigenvalue weighted by Gasteiger charge is -2.36.